The van der Waals surface area contributed by atoms with Crippen LogP contribution in [0.4, 0.5) is 19.3 Å². The van der Waals surface area contributed by atoms with Crippen LogP contribution in [0.2, 0.25) is 18.1 Å². The lowest BCUT2D eigenvalue weighted by atomic mass is 9.94. The molecule has 0 spiro atoms. The molecule has 58 heavy (non-hydrogen) atoms. The second kappa shape index (κ2) is 17.9. The lowest BCUT2D eigenvalue weighted by Gasteiger charge is -2.41. The SMILES string of the molecule is CC(C)(C)OC(=O)CCC(C(N)=O)N1Cc2ccc(COC(=O)Nc3ccc(Oc4ccc(F)c(F)c4)cc3)c(OC3CCC(O[Si](C)(C)C(C)(C)C)CC3)c2C1=O. The van der Waals surface area contributed by atoms with E-state index in [0.717, 1.165) is 25.0 Å². The van der Waals surface area contributed by atoms with Gasteiger partial charge in [0.2, 0.25) is 5.91 Å². The number of hydrogen-bond acceptors (Lipinski definition) is 9. The Hall–Kier alpha value is -5.02. The molecule has 1 heterocycles. The zero-order valence-electron chi connectivity index (χ0n) is 34.5. The number of nitrogens with two attached hydrogens (primary N) is 1. The lowest BCUT2D eigenvalue weighted by molar-refractivity contribution is -0.155. The molecule has 5 rings (SSSR count). The van der Waals surface area contributed by atoms with Crippen LogP contribution in [0, 0.1) is 11.6 Å². The number of ether oxygens (including phenoxy) is 4. The van der Waals surface area contributed by atoms with Gasteiger partial charge in [0.1, 0.15) is 35.5 Å². The maximum Gasteiger partial charge on any atom is 0.411 e. The fourth-order valence-electron chi connectivity index (χ4n) is 6.64. The molecule has 3 aromatic carbocycles. The molecule has 0 radical (unpaired) electrons. The number of primary amides is 1. The molecule has 314 valence electrons. The molecular formula is C43H55F2N3O9Si. The van der Waals surface area contributed by atoms with Gasteiger partial charge in [-0.2, -0.15) is 0 Å². The number of esters is 1. The van der Waals surface area contributed by atoms with Crippen molar-refractivity contribution in [2.24, 2.45) is 5.73 Å². The second-order valence-electron chi connectivity index (χ2n) is 17.4. The number of amides is 3. The van der Waals surface area contributed by atoms with Gasteiger partial charge in [0.15, 0.2) is 20.0 Å². The summed E-state index contributed by atoms with van der Waals surface area (Å²) in [5, 5.41) is 2.71. The largest absolute Gasteiger partial charge is 0.489 e. The Morgan fingerprint density at radius 3 is 2.14 bits per heavy atom. The van der Waals surface area contributed by atoms with Crippen LogP contribution in [0.1, 0.15) is 102 Å². The van der Waals surface area contributed by atoms with Crippen LogP contribution in [0.3, 0.4) is 0 Å². The highest BCUT2D eigenvalue weighted by molar-refractivity contribution is 6.74. The Bertz CT molecular complexity index is 1990. The first-order chi connectivity index (χ1) is 27.1. The van der Waals surface area contributed by atoms with Crippen molar-refractivity contribution in [1.82, 2.24) is 4.90 Å². The minimum Gasteiger partial charge on any atom is -0.489 e. The van der Waals surface area contributed by atoms with E-state index in [-0.39, 0.29) is 60.3 Å². The summed E-state index contributed by atoms with van der Waals surface area (Å²) >= 11 is 0. The van der Waals surface area contributed by atoms with Crippen LogP contribution in [-0.4, -0.2) is 60.9 Å². The van der Waals surface area contributed by atoms with Crippen molar-refractivity contribution in [3.8, 4) is 17.2 Å². The van der Waals surface area contributed by atoms with Gasteiger partial charge in [0.25, 0.3) is 5.91 Å². The number of hydrogen-bond donors (Lipinski definition) is 2. The molecule has 1 fully saturated rings. The van der Waals surface area contributed by atoms with Crippen LogP contribution in [-0.2, 0) is 36.6 Å². The van der Waals surface area contributed by atoms with Crippen LogP contribution in [0.15, 0.2) is 54.6 Å². The maximum atomic E-state index is 14.2. The smallest absolute Gasteiger partial charge is 0.411 e. The fourth-order valence-corrected chi connectivity index (χ4v) is 8.06. The van der Waals surface area contributed by atoms with E-state index < -0.39 is 55.5 Å². The van der Waals surface area contributed by atoms with Crippen LogP contribution in [0.5, 0.6) is 17.2 Å². The number of nitrogens with one attached hydrogen (secondary N) is 1. The van der Waals surface area contributed by atoms with E-state index in [2.05, 4.69) is 39.2 Å². The minimum atomic E-state index is -1.99. The van der Waals surface area contributed by atoms with Gasteiger partial charge in [0, 0.05) is 36.4 Å². The number of halogens is 2. The molecule has 1 saturated carbocycles. The lowest BCUT2D eigenvalue weighted by Crippen LogP contribution is -2.45. The first-order valence-electron chi connectivity index (χ1n) is 19.6. The van der Waals surface area contributed by atoms with Crippen LogP contribution < -0.4 is 20.5 Å². The van der Waals surface area contributed by atoms with Crippen molar-refractivity contribution in [2.75, 3.05) is 5.32 Å². The molecule has 3 aromatic rings. The molecule has 2 aliphatic rings. The third kappa shape index (κ3) is 11.3. The predicted molar refractivity (Wildman–Crippen MR) is 216 cm³/mol. The Morgan fingerprint density at radius 2 is 1.53 bits per heavy atom. The number of carbonyl (C=O) groups excluding carboxylic acids is 4. The number of benzene rings is 3. The molecule has 0 bridgehead atoms. The van der Waals surface area contributed by atoms with Gasteiger partial charge in [-0.05, 0) is 113 Å². The third-order valence-corrected chi connectivity index (χ3v) is 15.2. The minimum absolute atomic E-state index is 0.0214. The number of rotatable bonds is 14. The first-order valence-corrected chi connectivity index (χ1v) is 22.5. The molecule has 0 aromatic heterocycles. The second-order valence-corrected chi connectivity index (χ2v) is 22.1. The molecule has 1 unspecified atom stereocenters. The van der Waals surface area contributed by atoms with Crippen molar-refractivity contribution in [3.63, 3.8) is 0 Å². The van der Waals surface area contributed by atoms with Gasteiger partial charge in [-0.25, -0.2) is 13.6 Å². The topological polar surface area (TPSA) is 156 Å². The zero-order valence-corrected chi connectivity index (χ0v) is 35.5. The summed E-state index contributed by atoms with van der Waals surface area (Å²) in [5.41, 5.74) is 6.77. The molecular weight excluding hydrogens is 769 g/mol. The number of anilines is 1. The van der Waals surface area contributed by atoms with Gasteiger partial charge in [-0.3, -0.25) is 19.7 Å². The number of carbonyl (C=O) groups is 4. The molecule has 12 nitrogen and oxygen atoms in total. The molecule has 0 saturated heterocycles. The van der Waals surface area contributed by atoms with Gasteiger partial charge >= 0.3 is 12.1 Å². The Morgan fingerprint density at radius 1 is 0.897 bits per heavy atom. The summed E-state index contributed by atoms with van der Waals surface area (Å²) in [6.45, 7) is 16.1. The Labute approximate surface area is 339 Å². The summed E-state index contributed by atoms with van der Waals surface area (Å²) < 4.78 is 56.9. The molecule has 1 atom stereocenters. The standard InChI is InChI=1S/C43H55F2N3O9Si/c1-42(2,3)56-36(49)22-21-35(39(46)50)48-24-26-9-10-27(25-53-41(52)47-28-11-13-29(14-12-28)54-32-19-20-33(44)34(45)23-32)38(37(26)40(48)51)55-30-15-17-31(18-16-30)57-58(7,8)43(4,5)6/h9-14,19-20,23,30-31,35H,15-18,21-22,24-25H2,1-8H3,(H2,46,50)(H,47,52). The van der Waals surface area contributed by atoms with Crippen molar-refractivity contribution < 1.29 is 51.3 Å². The van der Waals surface area contributed by atoms with Crippen molar-refractivity contribution in [2.45, 2.75) is 135 Å². The summed E-state index contributed by atoms with van der Waals surface area (Å²) in [7, 11) is -1.99. The highest BCUT2D eigenvalue weighted by atomic mass is 28.4. The summed E-state index contributed by atoms with van der Waals surface area (Å²) in [6.07, 6.45) is 1.82. The quantitative estimate of drug-likeness (QED) is 0.120. The highest BCUT2D eigenvalue weighted by Crippen LogP contribution is 2.41. The summed E-state index contributed by atoms with van der Waals surface area (Å²) in [4.78, 5) is 53.9. The van der Waals surface area contributed by atoms with Gasteiger partial charge in [-0.1, -0.05) is 32.9 Å². The van der Waals surface area contributed by atoms with Gasteiger partial charge in [-0.15, -0.1) is 0 Å². The van der Waals surface area contributed by atoms with E-state index >= 15 is 0 Å². The van der Waals surface area contributed by atoms with E-state index in [4.69, 9.17) is 29.1 Å². The fraction of sp³-hybridized carbons (Fsp3) is 0.488. The third-order valence-electron chi connectivity index (χ3n) is 10.6. The first kappa shape index (κ1) is 44.1. The van der Waals surface area contributed by atoms with E-state index in [1.165, 1.54) is 11.0 Å². The van der Waals surface area contributed by atoms with E-state index in [9.17, 15) is 28.0 Å². The molecule has 3 amide bonds. The zero-order chi connectivity index (χ0) is 42.6. The van der Waals surface area contributed by atoms with E-state index in [0.29, 0.717) is 35.4 Å². The molecule has 1 aliphatic heterocycles. The normalized spacial score (nSPS) is 17.6. The molecule has 15 heteroatoms. The van der Waals surface area contributed by atoms with Crippen molar-refractivity contribution >= 4 is 37.9 Å². The average Bonchev–Trinajstić information content (AvgIpc) is 3.45. The van der Waals surface area contributed by atoms with E-state index in [1.54, 1.807) is 57.2 Å². The van der Waals surface area contributed by atoms with Gasteiger partial charge in [0.05, 0.1) is 11.7 Å². The Balaban J connectivity index is 1.31. The Kier molecular flexibility index (Phi) is 13.6. The average molecular weight is 824 g/mol. The maximum absolute atomic E-state index is 14.2. The number of nitrogens with zero attached hydrogens (tertiary/aromatic N) is 1. The van der Waals surface area contributed by atoms with Crippen LogP contribution >= 0.6 is 0 Å². The molecule has 3 N–H and O–H groups in total. The summed E-state index contributed by atoms with van der Waals surface area (Å²) in [5.74, 6) is -3.08. The van der Waals surface area contributed by atoms with Crippen LogP contribution in [0.25, 0.3) is 0 Å². The van der Waals surface area contributed by atoms with Crippen molar-refractivity contribution in [1.29, 1.82) is 0 Å². The van der Waals surface area contributed by atoms with Crippen molar-refractivity contribution in [3.05, 3.63) is 82.9 Å². The highest BCUT2D eigenvalue weighted by Gasteiger charge is 2.42. The summed E-state index contributed by atoms with van der Waals surface area (Å²) in [6, 6.07) is 11.8. The van der Waals surface area contributed by atoms with E-state index in [1.807, 2.05) is 0 Å². The van der Waals surface area contributed by atoms with Gasteiger partial charge < -0.3 is 34.0 Å². The predicted octanol–water partition coefficient (Wildman–Crippen LogP) is 9.15. The number of fused-ring (bicyclic) bond motifs is 1. The molecule has 1 aliphatic carbocycles. The monoisotopic (exact) mass is 823 g/mol.